The minimum Gasteiger partial charge on any atom is -0.497 e. The Balaban J connectivity index is 1.66. The molecule has 3 rings (SSSR count). The molecule has 0 aliphatic carbocycles. The second-order valence-electron chi connectivity index (χ2n) is 6.48. The van der Waals surface area contributed by atoms with E-state index in [2.05, 4.69) is 32.1 Å². The maximum Gasteiger partial charge on any atom is 0.270 e. The smallest absolute Gasteiger partial charge is 0.270 e. The molecule has 0 radical (unpaired) electrons. The summed E-state index contributed by atoms with van der Waals surface area (Å²) < 4.78 is 5.14. The van der Waals surface area contributed by atoms with Gasteiger partial charge in [-0.15, -0.1) is 0 Å². The SMILES string of the molecule is COc1ccc(CNC(=O)c2cc(N3CCN(C)CC3)nc(C)n2)cc1. The van der Waals surface area contributed by atoms with Gasteiger partial charge in [-0.05, 0) is 31.7 Å². The van der Waals surface area contributed by atoms with Crippen molar-refractivity contribution in [2.75, 3.05) is 45.2 Å². The highest BCUT2D eigenvalue weighted by molar-refractivity contribution is 5.92. The van der Waals surface area contributed by atoms with E-state index in [1.165, 1.54) is 0 Å². The van der Waals surface area contributed by atoms with Crippen LogP contribution in [0.25, 0.3) is 0 Å². The number of amides is 1. The van der Waals surface area contributed by atoms with E-state index in [1.807, 2.05) is 31.2 Å². The van der Waals surface area contributed by atoms with Crippen LogP contribution in [0.3, 0.4) is 0 Å². The summed E-state index contributed by atoms with van der Waals surface area (Å²) in [5.74, 6) is 2.03. The Kier molecular flexibility index (Phi) is 5.68. The molecule has 7 heteroatoms. The number of likely N-dealkylation sites (N-methyl/N-ethyl adjacent to an activating group) is 1. The molecule has 1 amide bonds. The number of benzene rings is 1. The Morgan fingerprint density at radius 3 is 2.50 bits per heavy atom. The van der Waals surface area contributed by atoms with E-state index in [1.54, 1.807) is 13.2 Å². The van der Waals surface area contributed by atoms with E-state index < -0.39 is 0 Å². The molecule has 0 bridgehead atoms. The van der Waals surface area contributed by atoms with E-state index in [9.17, 15) is 4.79 Å². The van der Waals surface area contributed by atoms with Crippen molar-refractivity contribution in [3.05, 3.63) is 47.4 Å². The molecule has 1 aromatic carbocycles. The van der Waals surface area contributed by atoms with Crippen molar-refractivity contribution >= 4 is 11.7 Å². The summed E-state index contributed by atoms with van der Waals surface area (Å²) in [6.45, 7) is 6.04. The van der Waals surface area contributed by atoms with Gasteiger partial charge in [-0.2, -0.15) is 0 Å². The van der Waals surface area contributed by atoms with Crippen molar-refractivity contribution in [1.82, 2.24) is 20.2 Å². The number of anilines is 1. The molecule has 2 aromatic rings. The summed E-state index contributed by atoms with van der Waals surface area (Å²) in [4.78, 5) is 25.8. The summed E-state index contributed by atoms with van der Waals surface area (Å²) in [5, 5.41) is 2.92. The zero-order chi connectivity index (χ0) is 18.5. The first-order chi connectivity index (χ1) is 12.5. The quantitative estimate of drug-likeness (QED) is 0.876. The molecule has 0 spiro atoms. The van der Waals surface area contributed by atoms with Crippen molar-refractivity contribution < 1.29 is 9.53 Å². The lowest BCUT2D eigenvalue weighted by Crippen LogP contribution is -2.45. The lowest BCUT2D eigenvalue weighted by atomic mass is 10.2. The zero-order valence-electron chi connectivity index (χ0n) is 15.5. The molecule has 0 atom stereocenters. The van der Waals surface area contributed by atoms with Crippen LogP contribution < -0.4 is 15.0 Å². The number of hydrogen-bond acceptors (Lipinski definition) is 6. The number of rotatable bonds is 5. The minimum absolute atomic E-state index is 0.193. The van der Waals surface area contributed by atoms with E-state index in [0.717, 1.165) is 43.3 Å². The fourth-order valence-electron chi connectivity index (χ4n) is 2.88. The molecule has 1 aliphatic heterocycles. The van der Waals surface area contributed by atoms with Crippen LogP contribution in [0.2, 0.25) is 0 Å². The predicted octanol–water partition coefficient (Wildman–Crippen LogP) is 1.48. The highest BCUT2D eigenvalue weighted by Gasteiger charge is 2.18. The van der Waals surface area contributed by atoms with Crippen LogP contribution in [0.5, 0.6) is 5.75 Å². The first-order valence-electron chi connectivity index (χ1n) is 8.75. The number of nitrogens with zero attached hydrogens (tertiary/aromatic N) is 4. The van der Waals surface area contributed by atoms with Gasteiger partial charge in [-0.3, -0.25) is 4.79 Å². The van der Waals surface area contributed by atoms with Gasteiger partial charge in [0.2, 0.25) is 0 Å². The van der Waals surface area contributed by atoms with Crippen LogP contribution in [0.1, 0.15) is 21.9 Å². The first kappa shape index (κ1) is 18.1. The number of nitrogens with one attached hydrogen (secondary N) is 1. The number of hydrogen-bond donors (Lipinski definition) is 1. The average molecular weight is 355 g/mol. The van der Waals surface area contributed by atoms with Crippen LogP contribution in [-0.4, -0.2) is 61.1 Å². The monoisotopic (exact) mass is 355 g/mol. The molecule has 1 N–H and O–H groups in total. The molecule has 2 heterocycles. The van der Waals surface area contributed by atoms with Gasteiger partial charge in [0, 0.05) is 38.8 Å². The minimum atomic E-state index is -0.193. The van der Waals surface area contributed by atoms with Gasteiger partial charge >= 0.3 is 0 Å². The Labute approximate surface area is 154 Å². The number of methoxy groups -OCH3 is 1. The summed E-state index contributed by atoms with van der Waals surface area (Å²) >= 11 is 0. The van der Waals surface area contributed by atoms with Crippen molar-refractivity contribution in [3.8, 4) is 5.75 Å². The normalized spacial score (nSPS) is 15.0. The van der Waals surface area contributed by atoms with E-state index in [-0.39, 0.29) is 5.91 Å². The lowest BCUT2D eigenvalue weighted by Gasteiger charge is -2.33. The first-order valence-corrected chi connectivity index (χ1v) is 8.75. The lowest BCUT2D eigenvalue weighted by molar-refractivity contribution is 0.0945. The fraction of sp³-hybridized carbons (Fsp3) is 0.421. The maximum absolute atomic E-state index is 12.5. The molecule has 1 fully saturated rings. The number of piperazine rings is 1. The summed E-state index contributed by atoms with van der Waals surface area (Å²) in [5.41, 5.74) is 1.41. The second-order valence-corrected chi connectivity index (χ2v) is 6.48. The number of carbonyl (C=O) groups excluding carboxylic acids is 1. The van der Waals surface area contributed by atoms with Crippen molar-refractivity contribution in [3.63, 3.8) is 0 Å². The third-order valence-electron chi connectivity index (χ3n) is 4.50. The summed E-state index contributed by atoms with van der Waals surface area (Å²) in [6.07, 6.45) is 0. The molecule has 0 saturated carbocycles. The van der Waals surface area contributed by atoms with E-state index in [4.69, 9.17) is 4.74 Å². The van der Waals surface area contributed by atoms with Gasteiger partial charge in [-0.1, -0.05) is 12.1 Å². The van der Waals surface area contributed by atoms with Crippen molar-refractivity contribution in [2.24, 2.45) is 0 Å². The molecule has 7 nitrogen and oxygen atoms in total. The maximum atomic E-state index is 12.5. The average Bonchev–Trinajstić information content (AvgIpc) is 2.66. The third kappa shape index (κ3) is 4.49. The zero-order valence-corrected chi connectivity index (χ0v) is 15.5. The molecule has 138 valence electrons. The van der Waals surface area contributed by atoms with Crippen LogP contribution in [0.4, 0.5) is 5.82 Å². The number of carbonyl (C=O) groups is 1. The number of aryl methyl sites for hydroxylation is 1. The molecule has 26 heavy (non-hydrogen) atoms. The molecule has 0 unspecified atom stereocenters. The highest BCUT2D eigenvalue weighted by Crippen LogP contribution is 2.15. The van der Waals surface area contributed by atoms with Gasteiger partial charge in [0.25, 0.3) is 5.91 Å². The standard InChI is InChI=1S/C19H25N5O2/c1-14-21-17(12-18(22-14)24-10-8-23(2)9-11-24)19(25)20-13-15-4-6-16(26-3)7-5-15/h4-7,12H,8-11,13H2,1-3H3,(H,20,25). The largest absolute Gasteiger partial charge is 0.497 e. The highest BCUT2D eigenvalue weighted by atomic mass is 16.5. The molecule has 1 aliphatic rings. The van der Waals surface area contributed by atoms with Crippen LogP contribution >= 0.6 is 0 Å². The fourth-order valence-corrected chi connectivity index (χ4v) is 2.88. The Hall–Kier alpha value is -2.67. The van der Waals surface area contributed by atoms with Gasteiger partial charge < -0.3 is 19.9 Å². The van der Waals surface area contributed by atoms with Crippen molar-refractivity contribution in [2.45, 2.75) is 13.5 Å². The summed E-state index contributed by atoms with van der Waals surface area (Å²) in [6, 6.07) is 9.39. The van der Waals surface area contributed by atoms with Gasteiger partial charge in [-0.25, -0.2) is 9.97 Å². The Morgan fingerprint density at radius 1 is 1.15 bits per heavy atom. The van der Waals surface area contributed by atoms with E-state index >= 15 is 0 Å². The predicted molar refractivity (Wildman–Crippen MR) is 101 cm³/mol. The van der Waals surface area contributed by atoms with Crippen LogP contribution in [0, 0.1) is 6.92 Å². The van der Waals surface area contributed by atoms with Crippen LogP contribution in [0.15, 0.2) is 30.3 Å². The molecule has 1 saturated heterocycles. The number of ether oxygens (including phenoxy) is 1. The van der Waals surface area contributed by atoms with Gasteiger partial charge in [0.15, 0.2) is 0 Å². The Morgan fingerprint density at radius 2 is 1.85 bits per heavy atom. The van der Waals surface area contributed by atoms with E-state index in [0.29, 0.717) is 18.1 Å². The number of aromatic nitrogens is 2. The topological polar surface area (TPSA) is 70.6 Å². The second kappa shape index (κ2) is 8.14. The molecular formula is C19H25N5O2. The summed E-state index contributed by atoms with van der Waals surface area (Å²) in [7, 11) is 3.74. The van der Waals surface area contributed by atoms with Gasteiger partial charge in [0.1, 0.15) is 23.1 Å². The van der Waals surface area contributed by atoms with Gasteiger partial charge in [0.05, 0.1) is 7.11 Å². The van der Waals surface area contributed by atoms with Crippen molar-refractivity contribution in [1.29, 1.82) is 0 Å². The Bertz CT molecular complexity index is 755. The third-order valence-corrected chi connectivity index (χ3v) is 4.50. The van der Waals surface area contributed by atoms with Crippen LogP contribution in [-0.2, 0) is 6.54 Å². The molecular weight excluding hydrogens is 330 g/mol. The molecule has 1 aromatic heterocycles.